The van der Waals surface area contributed by atoms with Gasteiger partial charge in [-0.3, -0.25) is 0 Å². The summed E-state index contributed by atoms with van der Waals surface area (Å²) in [6.07, 6.45) is 3.49. The van der Waals surface area contributed by atoms with Crippen LogP contribution in [0.3, 0.4) is 0 Å². The van der Waals surface area contributed by atoms with Crippen molar-refractivity contribution in [2.24, 2.45) is 5.92 Å². The molecule has 2 aromatic carbocycles. The van der Waals surface area contributed by atoms with E-state index in [1.165, 1.54) is 18.4 Å². The minimum absolute atomic E-state index is 0.376. The summed E-state index contributed by atoms with van der Waals surface area (Å²) in [4.78, 5) is 2.31. The molecule has 0 bridgehead atoms. The first-order chi connectivity index (χ1) is 13.8. The Balaban J connectivity index is 1.38. The monoisotopic (exact) mass is 368 g/mol. The lowest BCUT2D eigenvalue weighted by Gasteiger charge is -2.32. The van der Waals surface area contributed by atoms with Crippen LogP contribution in [-0.4, -0.2) is 23.3 Å². The molecule has 1 aliphatic rings. The molecule has 0 aliphatic carbocycles. The number of aromatic nitrogens is 2. The van der Waals surface area contributed by atoms with Crippen LogP contribution in [0.5, 0.6) is 0 Å². The smallest absolute Gasteiger partial charge is 0.151 e. The van der Waals surface area contributed by atoms with Crippen LogP contribution in [-0.2, 0) is 6.42 Å². The van der Waals surface area contributed by atoms with Gasteiger partial charge in [-0.2, -0.15) is 10.4 Å². The molecule has 1 atom stereocenters. The fourth-order valence-electron chi connectivity index (χ4n) is 3.93. The molecule has 1 aromatic heterocycles. The highest BCUT2D eigenvalue weighted by Crippen LogP contribution is 2.26. The van der Waals surface area contributed by atoms with Gasteiger partial charge in [0, 0.05) is 13.1 Å². The highest BCUT2D eigenvalue weighted by Gasteiger charge is 2.21. The molecule has 4 heteroatoms. The molecule has 1 saturated heterocycles. The first-order valence-corrected chi connectivity index (χ1v) is 9.90. The Hall–Kier alpha value is -3.19. The maximum Gasteiger partial charge on any atom is 0.151 e. The summed E-state index contributed by atoms with van der Waals surface area (Å²) in [5.41, 5.74) is 3.08. The first kappa shape index (κ1) is 18.2. The molecule has 2 heterocycles. The zero-order valence-corrected chi connectivity index (χ0v) is 15.9. The Morgan fingerprint density at radius 3 is 2.18 bits per heavy atom. The Labute approximate surface area is 166 Å². The molecule has 140 valence electrons. The van der Waals surface area contributed by atoms with Crippen molar-refractivity contribution in [2.45, 2.75) is 25.2 Å². The summed E-state index contributed by atoms with van der Waals surface area (Å²) in [5.74, 6) is 1.26. The molecule has 0 N–H and O–H groups in total. The highest BCUT2D eigenvalue weighted by atomic mass is 15.3. The van der Waals surface area contributed by atoms with Crippen LogP contribution < -0.4 is 4.90 Å². The van der Waals surface area contributed by atoms with Crippen molar-refractivity contribution < 1.29 is 0 Å². The third-order valence-corrected chi connectivity index (χ3v) is 5.53. The van der Waals surface area contributed by atoms with E-state index < -0.39 is 0 Å². The normalized spacial score (nSPS) is 15.8. The summed E-state index contributed by atoms with van der Waals surface area (Å²) in [5, 5.41) is 18.4. The van der Waals surface area contributed by atoms with Gasteiger partial charge < -0.3 is 4.90 Å². The quantitative estimate of drug-likeness (QED) is 0.661. The number of rotatable bonds is 5. The van der Waals surface area contributed by atoms with Crippen LogP contribution in [0.4, 0.5) is 5.82 Å². The van der Waals surface area contributed by atoms with Gasteiger partial charge in [-0.15, -0.1) is 5.10 Å². The molecule has 1 aliphatic heterocycles. The van der Waals surface area contributed by atoms with Gasteiger partial charge in [-0.05, 0) is 48.4 Å². The van der Waals surface area contributed by atoms with Crippen molar-refractivity contribution in [3.05, 3.63) is 89.6 Å². The number of hydrogen-bond acceptors (Lipinski definition) is 4. The summed E-state index contributed by atoms with van der Waals surface area (Å²) in [6.45, 7) is 2.01. The Bertz CT molecular complexity index is 908. The highest BCUT2D eigenvalue weighted by molar-refractivity contribution is 5.41. The Kier molecular flexibility index (Phi) is 5.63. The van der Waals surface area contributed by atoms with Crippen LogP contribution >= 0.6 is 0 Å². The third-order valence-electron chi connectivity index (χ3n) is 5.53. The number of piperidine rings is 1. The predicted octanol–water partition coefficient (Wildman–Crippen LogP) is 4.59. The molecule has 0 radical (unpaired) electrons. The van der Waals surface area contributed by atoms with Gasteiger partial charge in [0.2, 0.25) is 0 Å². The first-order valence-electron chi connectivity index (χ1n) is 9.90. The lowest BCUT2D eigenvalue weighted by atomic mass is 9.90. The minimum Gasteiger partial charge on any atom is -0.355 e. The zero-order chi connectivity index (χ0) is 19.2. The topological polar surface area (TPSA) is 52.8 Å². The molecule has 1 fully saturated rings. The van der Waals surface area contributed by atoms with Crippen LogP contribution in [0.15, 0.2) is 72.8 Å². The van der Waals surface area contributed by atoms with Gasteiger partial charge >= 0.3 is 0 Å². The van der Waals surface area contributed by atoms with Crippen LogP contribution in [0, 0.1) is 17.2 Å². The van der Waals surface area contributed by atoms with Crippen LogP contribution in [0.2, 0.25) is 0 Å². The van der Waals surface area contributed by atoms with Crippen molar-refractivity contribution in [3.63, 3.8) is 0 Å². The van der Waals surface area contributed by atoms with E-state index in [0.29, 0.717) is 5.69 Å². The van der Waals surface area contributed by atoms with Gasteiger partial charge in [0.25, 0.3) is 0 Å². The van der Waals surface area contributed by atoms with E-state index in [1.807, 2.05) is 42.5 Å². The second-order valence-corrected chi connectivity index (χ2v) is 7.41. The molecule has 0 spiro atoms. The van der Waals surface area contributed by atoms with Gasteiger partial charge in [-0.1, -0.05) is 60.7 Å². The maximum atomic E-state index is 9.57. The average Bonchev–Trinajstić information content (AvgIpc) is 2.77. The molecule has 4 rings (SSSR count). The molecule has 28 heavy (non-hydrogen) atoms. The van der Waals surface area contributed by atoms with Crippen molar-refractivity contribution in [3.8, 4) is 6.07 Å². The third kappa shape index (κ3) is 4.20. The summed E-state index contributed by atoms with van der Waals surface area (Å²) < 4.78 is 0. The number of nitriles is 1. The van der Waals surface area contributed by atoms with Gasteiger partial charge in [0.05, 0.1) is 11.8 Å². The van der Waals surface area contributed by atoms with E-state index in [0.717, 1.165) is 36.8 Å². The molecule has 1 unspecified atom stereocenters. The molecular formula is C24H24N4. The van der Waals surface area contributed by atoms with Crippen LogP contribution in [0.25, 0.3) is 0 Å². The number of anilines is 1. The van der Waals surface area contributed by atoms with Crippen molar-refractivity contribution in [1.29, 1.82) is 5.26 Å². The van der Waals surface area contributed by atoms with Crippen molar-refractivity contribution >= 4 is 5.82 Å². The molecular weight excluding hydrogens is 344 g/mol. The van der Waals surface area contributed by atoms with E-state index in [4.69, 9.17) is 0 Å². The molecule has 0 saturated carbocycles. The summed E-state index contributed by atoms with van der Waals surface area (Å²) in [6, 6.07) is 26.8. The Morgan fingerprint density at radius 1 is 0.893 bits per heavy atom. The fourth-order valence-corrected chi connectivity index (χ4v) is 3.93. The SMILES string of the molecule is N#CC(c1ccccc1)c1ccc(N2CCC(Cc3ccccc3)CC2)nn1. The fraction of sp³-hybridized carbons (Fsp3) is 0.292. The van der Waals surface area contributed by atoms with Crippen molar-refractivity contribution in [2.75, 3.05) is 18.0 Å². The van der Waals surface area contributed by atoms with Gasteiger partial charge in [0.1, 0.15) is 5.92 Å². The van der Waals surface area contributed by atoms with E-state index in [2.05, 4.69) is 51.5 Å². The molecule has 3 aromatic rings. The number of benzene rings is 2. The van der Waals surface area contributed by atoms with E-state index in [-0.39, 0.29) is 5.92 Å². The maximum absolute atomic E-state index is 9.57. The predicted molar refractivity (Wildman–Crippen MR) is 111 cm³/mol. The summed E-state index contributed by atoms with van der Waals surface area (Å²) in [7, 11) is 0. The molecule has 0 amide bonds. The average molecular weight is 368 g/mol. The van der Waals surface area contributed by atoms with Gasteiger partial charge in [-0.25, -0.2) is 0 Å². The van der Waals surface area contributed by atoms with E-state index >= 15 is 0 Å². The minimum atomic E-state index is -0.376. The lowest BCUT2D eigenvalue weighted by Crippen LogP contribution is -2.35. The molecule has 4 nitrogen and oxygen atoms in total. The van der Waals surface area contributed by atoms with E-state index in [1.54, 1.807) is 0 Å². The second-order valence-electron chi connectivity index (χ2n) is 7.41. The van der Waals surface area contributed by atoms with Crippen molar-refractivity contribution in [1.82, 2.24) is 10.2 Å². The van der Waals surface area contributed by atoms with Crippen LogP contribution in [0.1, 0.15) is 35.6 Å². The lowest BCUT2D eigenvalue weighted by molar-refractivity contribution is 0.401. The standard InChI is InChI=1S/C24H24N4/c25-18-22(21-9-5-2-6-10-21)23-11-12-24(27-26-23)28-15-13-20(14-16-28)17-19-7-3-1-4-8-19/h1-12,20,22H,13-17H2. The summed E-state index contributed by atoms with van der Waals surface area (Å²) >= 11 is 0. The second kappa shape index (κ2) is 8.67. The number of hydrogen-bond donors (Lipinski definition) is 0. The largest absolute Gasteiger partial charge is 0.355 e. The van der Waals surface area contributed by atoms with Gasteiger partial charge in [0.15, 0.2) is 5.82 Å². The number of nitrogens with zero attached hydrogens (tertiary/aromatic N) is 4. The van der Waals surface area contributed by atoms with E-state index in [9.17, 15) is 5.26 Å². The zero-order valence-electron chi connectivity index (χ0n) is 15.9. The Morgan fingerprint density at radius 2 is 1.57 bits per heavy atom.